The molecule has 1 aliphatic heterocycles. The van der Waals surface area contributed by atoms with Gasteiger partial charge in [0.05, 0.1) is 18.6 Å². The molecule has 0 spiro atoms. The Bertz CT molecular complexity index is 867. The van der Waals surface area contributed by atoms with Crippen LogP contribution in [0.15, 0.2) is 48.5 Å². The van der Waals surface area contributed by atoms with Crippen molar-refractivity contribution in [3.8, 4) is 0 Å². The number of morpholine rings is 1. The van der Waals surface area contributed by atoms with Crippen molar-refractivity contribution in [2.45, 2.75) is 24.9 Å². The van der Waals surface area contributed by atoms with Crippen LogP contribution in [0.3, 0.4) is 0 Å². The van der Waals surface area contributed by atoms with Crippen molar-refractivity contribution in [3.63, 3.8) is 0 Å². The quantitative estimate of drug-likeness (QED) is 0.601. The van der Waals surface area contributed by atoms with Crippen molar-refractivity contribution in [3.05, 3.63) is 70.2 Å². The normalized spacial score (nSPS) is 20.1. The first kappa shape index (κ1) is 23.2. The molecule has 3 rings (SSSR count). The Morgan fingerprint density at radius 2 is 1.93 bits per heavy atom. The fraction of sp³-hybridized carbons (Fsp3) is 0.400. The van der Waals surface area contributed by atoms with E-state index < -0.39 is 29.2 Å². The zero-order chi connectivity index (χ0) is 21.7. The van der Waals surface area contributed by atoms with Gasteiger partial charge in [-0.15, -0.1) is 0 Å². The number of alkyl halides is 3. The number of halogens is 4. The summed E-state index contributed by atoms with van der Waals surface area (Å²) in [5, 5.41) is 2.73. The predicted octanol–water partition coefficient (Wildman–Crippen LogP) is 4.29. The van der Waals surface area contributed by atoms with E-state index in [4.69, 9.17) is 20.9 Å². The zero-order valence-electron chi connectivity index (χ0n) is 15.9. The minimum absolute atomic E-state index is 0.00683. The van der Waals surface area contributed by atoms with Gasteiger partial charge < -0.3 is 9.29 Å². The molecule has 1 heterocycles. The van der Waals surface area contributed by atoms with E-state index in [2.05, 4.69) is 10.2 Å². The van der Waals surface area contributed by atoms with Crippen molar-refractivity contribution in [2.24, 2.45) is 0 Å². The molecule has 5 nitrogen and oxygen atoms in total. The molecule has 2 unspecified atom stereocenters. The van der Waals surface area contributed by atoms with Gasteiger partial charge >= 0.3 is 6.18 Å². The standard InChI is InChI=1S/C20H22ClF3N2O3S/c21-17-4-2-1-3-16(17)18-12-26(9-10-29-18)11-14-5-7-15(8-6-14)19(20(22,23)24)25-13-30(27)28/h1-8,18-19,25H,9-13H2,(H,27,28)/t18?,19-/m0/s1. The van der Waals surface area contributed by atoms with Crippen LogP contribution in [-0.4, -0.2) is 45.4 Å². The molecule has 30 heavy (non-hydrogen) atoms. The molecule has 2 aromatic rings. The number of nitrogens with zero attached hydrogens (tertiary/aromatic N) is 1. The van der Waals surface area contributed by atoms with Gasteiger partial charge in [-0.05, 0) is 17.2 Å². The van der Waals surface area contributed by atoms with Crippen LogP contribution in [0.1, 0.15) is 28.8 Å². The average molecular weight is 463 g/mol. The molecule has 0 aromatic heterocycles. The highest BCUT2D eigenvalue weighted by molar-refractivity contribution is 7.79. The molecule has 0 aliphatic carbocycles. The van der Waals surface area contributed by atoms with Crippen molar-refractivity contribution in [2.75, 3.05) is 25.6 Å². The van der Waals surface area contributed by atoms with E-state index in [1.54, 1.807) is 12.1 Å². The molecule has 0 saturated carbocycles. The molecule has 3 atom stereocenters. The first-order chi connectivity index (χ1) is 14.2. The van der Waals surface area contributed by atoms with Gasteiger partial charge in [0.15, 0.2) is 11.1 Å². The van der Waals surface area contributed by atoms with Crippen LogP contribution in [0, 0.1) is 0 Å². The van der Waals surface area contributed by atoms with Gasteiger partial charge in [-0.1, -0.05) is 54.1 Å². The monoisotopic (exact) mass is 462 g/mol. The van der Waals surface area contributed by atoms with E-state index in [1.807, 2.05) is 24.3 Å². The fourth-order valence-electron chi connectivity index (χ4n) is 3.42. The largest absolute Gasteiger partial charge is 0.407 e. The minimum atomic E-state index is -4.58. The maximum Gasteiger partial charge on any atom is 0.407 e. The molecule has 164 valence electrons. The summed E-state index contributed by atoms with van der Waals surface area (Å²) in [5.41, 5.74) is 1.78. The van der Waals surface area contributed by atoms with Crippen molar-refractivity contribution in [1.29, 1.82) is 0 Å². The summed E-state index contributed by atoms with van der Waals surface area (Å²) in [6.45, 7) is 2.43. The Morgan fingerprint density at radius 3 is 2.57 bits per heavy atom. The molecule has 0 bridgehead atoms. The van der Waals surface area contributed by atoms with Crippen LogP contribution < -0.4 is 5.32 Å². The van der Waals surface area contributed by atoms with E-state index in [9.17, 15) is 17.4 Å². The minimum Gasteiger partial charge on any atom is -0.371 e. The van der Waals surface area contributed by atoms with E-state index in [0.717, 1.165) is 11.1 Å². The number of rotatable bonds is 7. The number of nitrogens with one attached hydrogen (secondary N) is 1. The fourth-order valence-corrected chi connectivity index (χ4v) is 3.99. The van der Waals surface area contributed by atoms with Crippen LogP contribution in [0.5, 0.6) is 0 Å². The second kappa shape index (κ2) is 10.2. The van der Waals surface area contributed by atoms with E-state index in [-0.39, 0.29) is 11.7 Å². The van der Waals surface area contributed by atoms with Gasteiger partial charge in [0.1, 0.15) is 6.04 Å². The Balaban J connectivity index is 1.66. The highest BCUT2D eigenvalue weighted by Crippen LogP contribution is 2.33. The van der Waals surface area contributed by atoms with E-state index >= 15 is 0 Å². The maximum absolute atomic E-state index is 13.3. The molecule has 1 fully saturated rings. The maximum atomic E-state index is 13.3. The first-order valence-electron chi connectivity index (χ1n) is 9.29. The third kappa shape index (κ3) is 6.26. The Kier molecular flexibility index (Phi) is 7.89. The predicted molar refractivity (Wildman–Crippen MR) is 109 cm³/mol. The van der Waals surface area contributed by atoms with Gasteiger partial charge in [0.2, 0.25) is 0 Å². The van der Waals surface area contributed by atoms with Crippen molar-refractivity contribution < 1.29 is 26.7 Å². The van der Waals surface area contributed by atoms with Crippen LogP contribution in [0.4, 0.5) is 13.2 Å². The zero-order valence-corrected chi connectivity index (χ0v) is 17.5. The van der Waals surface area contributed by atoms with Crippen LogP contribution >= 0.6 is 11.6 Å². The number of hydrogen-bond acceptors (Lipinski definition) is 4. The Morgan fingerprint density at radius 1 is 1.23 bits per heavy atom. The molecule has 2 aromatic carbocycles. The summed E-state index contributed by atoms with van der Waals surface area (Å²) in [5.74, 6) is -0.664. The van der Waals surface area contributed by atoms with Crippen LogP contribution in [0.25, 0.3) is 0 Å². The Labute approximate surface area is 180 Å². The Hall–Kier alpha value is -1.49. The van der Waals surface area contributed by atoms with Crippen LogP contribution in [-0.2, 0) is 22.4 Å². The molecular formula is C20H22ClF3N2O3S. The van der Waals surface area contributed by atoms with Crippen LogP contribution in [0.2, 0.25) is 5.02 Å². The summed E-state index contributed by atoms with van der Waals surface area (Å²) in [4.78, 5) is 2.17. The molecule has 2 N–H and O–H groups in total. The highest BCUT2D eigenvalue weighted by Gasteiger charge is 2.40. The lowest BCUT2D eigenvalue weighted by molar-refractivity contribution is -0.156. The smallest absolute Gasteiger partial charge is 0.371 e. The SMILES string of the molecule is O=S(O)CN[C@@H](c1ccc(CN2CCOC(c3ccccc3Cl)C2)cc1)C(F)(F)F. The van der Waals surface area contributed by atoms with Crippen molar-refractivity contribution in [1.82, 2.24) is 10.2 Å². The number of ether oxygens (including phenoxy) is 1. The lowest BCUT2D eigenvalue weighted by Gasteiger charge is -2.33. The summed E-state index contributed by atoms with van der Waals surface area (Å²) in [7, 11) is 0. The van der Waals surface area contributed by atoms with Gasteiger partial charge in [-0.25, -0.2) is 4.21 Å². The molecule has 0 amide bonds. The van der Waals surface area contributed by atoms with Crippen molar-refractivity contribution >= 4 is 22.7 Å². The van der Waals surface area contributed by atoms with E-state index in [0.29, 0.717) is 31.3 Å². The first-order valence-corrected chi connectivity index (χ1v) is 10.9. The molecular weight excluding hydrogens is 441 g/mol. The third-order valence-corrected chi connectivity index (χ3v) is 5.62. The lowest BCUT2D eigenvalue weighted by Crippen LogP contribution is -2.38. The highest BCUT2D eigenvalue weighted by atomic mass is 35.5. The second-order valence-corrected chi connectivity index (χ2v) is 8.34. The summed E-state index contributed by atoms with van der Waals surface area (Å²) in [6.07, 6.45) is -4.74. The van der Waals surface area contributed by atoms with E-state index in [1.165, 1.54) is 12.1 Å². The molecule has 1 aliphatic rings. The number of benzene rings is 2. The van der Waals surface area contributed by atoms with Gasteiger partial charge in [0, 0.05) is 30.2 Å². The lowest BCUT2D eigenvalue weighted by atomic mass is 10.0. The second-order valence-electron chi connectivity index (χ2n) is 7.00. The van der Waals surface area contributed by atoms with Gasteiger partial charge in [0.25, 0.3) is 0 Å². The summed E-state index contributed by atoms with van der Waals surface area (Å²) >= 11 is 3.90. The van der Waals surface area contributed by atoms with Gasteiger partial charge in [-0.3, -0.25) is 10.2 Å². The summed E-state index contributed by atoms with van der Waals surface area (Å²) in [6, 6.07) is 11.6. The molecule has 1 saturated heterocycles. The third-order valence-electron chi connectivity index (χ3n) is 4.86. The van der Waals surface area contributed by atoms with Gasteiger partial charge in [-0.2, -0.15) is 13.2 Å². The molecule has 0 radical (unpaired) electrons. The molecule has 10 heteroatoms. The summed E-state index contributed by atoms with van der Waals surface area (Å²) < 4.78 is 65.2. The number of hydrogen-bond donors (Lipinski definition) is 2. The topological polar surface area (TPSA) is 61.8 Å². The average Bonchev–Trinajstić information content (AvgIpc) is 2.69.